The van der Waals surface area contributed by atoms with Crippen molar-refractivity contribution in [3.8, 4) is 17.2 Å². The molecule has 1 saturated heterocycles. The van der Waals surface area contributed by atoms with Crippen molar-refractivity contribution in [2.24, 2.45) is 0 Å². The summed E-state index contributed by atoms with van der Waals surface area (Å²) in [4.78, 5) is 14.4. The van der Waals surface area contributed by atoms with E-state index in [9.17, 15) is 9.90 Å². The monoisotopic (exact) mass is 398 g/mol. The molecular formula is C22H26N2O5. The molecule has 2 aliphatic heterocycles. The van der Waals surface area contributed by atoms with E-state index in [-0.39, 0.29) is 12.7 Å². The third kappa shape index (κ3) is 4.46. The predicted molar refractivity (Wildman–Crippen MR) is 107 cm³/mol. The van der Waals surface area contributed by atoms with Crippen LogP contribution in [0.15, 0.2) is 42.5 Å². The van der Waals surface area contributed by atoms with Gasteiger partial charge in [0.2, 0.25) is 12.7 Å². The number of hydrogen-bond acceptors (Lipinski definition) is 6. The van der Waals surface area contributed by atoms with Crippen LogP contribution < -0.4 is 19.5 Å². The Balaban J connectivity index is 1.26. The van der Waals surface area contributed by atoms with Gasteiger partial charge in [-0.3, -0.25) is 9.69 Å². The van der Waals surface area contributed by atoms with Crippen LogP contribution >= 0.6 is 0 Å². The fourth-order valence-corrected chi connectivity index (χ4v) is 3.79. The first kappa shape index (κ1) is 19.5. The molecule has 0 atom stereocenters. The average molecular weight is 398 g/mol. The second kappa shape index (κ2) is 8.31. The van der Waals surface area contributed by atoms with Crippen LogP contribution in [-0.4, -0.2) is 49.5 Å². The van der Waals surface area contributed by atoms with Crippen molar-refractivity contribution in [2.75, 3.05) is 33.5 Å². The molecule has 4 rings (SSSR count). The number of likely N-dealkylation sites (tertiary alicyclic amines) is 1. The molecule has 2 aliphatic rings. The maximum absolute atomic E-state index is 12.3. The molecule has 2 aromatic carbocycles. The first-order valence-electron chi connectivity index (χ1n) is 9.80. The highest BCUT2D eigenvalue weighted by molar-refractivity contribution is 5.78. The summed E-state index contributed by atoms with van der Waals surface area (Å²) < 4.78 is 15.9. The fraction of sp³-hybridized carbons (Fsp3) is 0.409. The third-order valence-electron chi connectivity index (χ3n) is 5.58. The van der Waals surface area contributed by atoms with Crippen LogP contribution in [0.2, 0.25) is 0 Å². The average Bonchev–Trinajstić information content (AvgIpc) is 3.22. The number of carbonyl (C=O) groups excluding carboxylic acids is 1. The molecule has 2 aromatic rings. The van der Waals surface area contributed by atoms with Crippen molar-refractivity contribution in [1.82, 2.24) is 10.2 Å². The Bertz CT molecular complexity index is 877. The van der Waals surface area contributed by atoms with Crippen LogP contribution in [0.4, 0.5) is 0 Å². The van der Waals surface area contributed by atoms with Crippen molar-refractivity contribution in [1.29, 1.82) is 0 Å². The lowest BCUT2D eigenvalue weighted by Crippen LogP contribution is -2.46. The summed E-state index contributed by atoms with van der Waals surface area (Å²) >= 11 is 0. The third-order valence-corrected chi connectivity index (χ3v) is 5.58. The summed E-state index contributed by atoms with van der Waals surface area (Å²) in [6.45, 7) is 2.31. The highest BCUT2D eigenvalue weighted by Gasteiger charge is 2.34. The molecule has 0 saturated carbocycles. The Labute approximate surface area is 170 Å². The number of aliphatic hydroxyl groups is 1. The van der Waals surface area contributed by atoms with Crippen molar-refractivity contribution < 1.29 is 24.1 Å². The Hall–Kier alpha value is -2.77. The van der Waals surface area contributed by atoms with Gasteiger partial charge in [0.15, 0.2) is 11.5 Å². The van der Waals surface area contributed by atoms with E-state index in [1.807, 2.05) is 42.5 Å². The van der Waals surface area contributed by atoms with Crippen LogP contribution in [0, 0.1) is 0 Å². The largest absolute Gasteiger partial charge is 0.497 e. The lowest BCUT2D eigenvalue weighted by molar-refractivity contribution is -0.123. The molecule has 0 radical (unpaired) electrons. The van der Waals surface area contributed by atoms with E-state index >= 15 is 0 Å². The van der Waals surface area contributed by atoms with Gasteiger partial charge >= 0.3 is 0 Å². The zero-order chi connectivity index (χ0) is 20.3. The molecule has 154 valence electrons. The zero-order valence-corrected chi connectivity index (χ0v) is 16.5. The summed E-state index contributed by atoms with van der Waals surface area (Å²) in [5.41, 5.74) is 0.950. The maximum Gasteiger partial charge on any atom is 0.234 e. The molecule has 0 unspecified atom stereocenters. The highest BCUT2D eigenvalue weighted by Crippen LogP contribution is 2.34. The molecule has 7 nitrogen and oxygen atoms in total. The Morgan fingerprint density at radius 3 is 2.76 bits per heavy atom. The Kier molecular flexibility index (Phi) is 5.60. The highest BCUT2D eigenvalue weighted by atomic mass is 16.7. The van der Waals surface area contributed by atoms with Gasteiger partial charge in [0.1, 0.15) is 5.75 Å². The van der Waals surface area contributed by atoms with Gasteiger partial charge in [0, 0.05) is 19.6 Å². The molecule has 1 fully saturated rings. The van der Waals surface area contributed by atoms with Gasteiger partial charge in [-0.15, -0.1) is 0 Å². The number of ether oxygens (including phenoxy) is 3. The standard InChI is InChI=1S/C22H26N2O5/c1-27-18-4-2-3-17(12-18)22(26)7-9-24(10-8-22)14-21(25)23-13-16-5-6-19-20(11-16)29-15-28-19/h2-6,11-12,26H,7-10,13-15H2,1H3,(H,23,25). The number of rotatable bonds is 6. The molecule has 7 heteroatoms. The van der Waals surface area contributed by atoms with Crippen LogP contribution in [0.5, 0.6) is 17.2 Å². The Morgan fingerprint density at radius 1 is 1.17 bits per heavy atom. The van der Waals surface area contributed by atoms with Crippen LogP contribution in [0.25, 0.3) is 0 Å². The molecule has 0 aliphatic carbocycles. The Morgan fingerprint density at radius 2 is 1.97 bits per heavy atom. The van der Waals surface area contributed by atoms with Crippen molar-refractivity contribution in [3.63, 3.8) is 0 Å². The number of piperidine rings is 1. The number of nitrogens with one attached hydrogen (secondary N) is 1. The van der Waals surface area contributed by atoms with Crippen molar-refractivity contribution in [2.45, 2.75) is 25.0 Å². The van der Waals surface area contributed by atoms with Crippen LogP contribution in [0.3, 0.4) is 0 Å². The van der Waals surface area contributed by atoms with E-state index in [1.165, 1.54) is 0 Å². The molecule has 2 N–H and O–H groups in total. The molecule has 29 heavy (non-hydrogen) atoms. The minimum Gasteiger partial charge on any atom is -0.497 e. The number of hydrogen-bond donors (Lipinski definition) is 2. The zero-order valence-electron chi connectivity index (χ0n) is 16.5. The number of nitrogens with zero attached hydrogens (tertiary/aromatic N) is 1. The first-order chi connectivity index (χ1) is 14.1. The van der Waals surface area contributed by atoms with E-state index in [0.29, 0.717) is 44.8 Å². The second-order valence-electron chi connectivity index (χ2n) is 7.50. The van der Waals surface area contributed by atoms with Crippen LogP contribution in [-0.2, 0) is 16.9 Å². The van der Waals surface area contributed by atoms with Gasteiger partial charge in [-0.2, -0.15) is 0 Å². The van der Waals surface area contributed by atoms with E-state index < -0.39 is 5.60 Å². The fourth-order valence-electron chi connectivity index (χ4n) is 3.79. The molecule has 2 heterocycles. The molecule has 1 amide bonds. The molecular weight excluding hydrogens is 372 g/mol. The normalized spacial score (nSPS) is 17.7. The summed E-state index contributed by atoms with van der Waals surface area (Å²) in [5, 5.41) is 14.0. The van der Waals surface area contributed by atoms with Gasteiger partial charge in [-0.25, -0.2) is 0 Å². The predicted octanol–water partition coefficient (Wildman–Crippen LogP) is 2.02. The molecule has 0 bridgehead atoms. The number of methoxy groups -OCH3 is 1. The number of carbonyl (C=O) groups is 1. The van der Waals surface area contributed by atoms with Gasteiger partial charge in [0.05, 0.1) is 19.3 Å². The van der Waals surface area contributed by atoms with Crippen molar-refractivity contribution >= 4 is 5.91 Å². The smallest absolute Gasteiger partial charge is 0.234 e. The van der Waals surface area contributed by atoms with Gasteiger partial charge in [0.25, 0.3) is 0 Å². The lowest BCUT2D eigenvalue weighted by atomic mass is 9.84. The number of fused-ring (bicyclic) bond motifs is 1. The first-order valence-corrected chi connectivity index (χ1v) is 9.80. The van der Waals surface area contributed by atoms with Gasteiger partial charge in [-0.05, 0) is 48.2 Å². The summed E-state index contributed by atoms with van der Waals surface area (Å²) in [6.07, 6.45) is 1.16. The van der Waals surface area contributed by atoms with E-state index in [2.05, 4.69) is 10.2 Å². The summed E-state index contributed by atoms with van der Waals surface area (Å²) in [7, 11) is 1.62. The quantitative estimate of drug-likeness (QED) is 0.775. The molecule has 0 spiro atoms. The van der Waals surface area contributed by atoms with Gasteiger partial charge < -0.3 is 24.6 Å². The summed E-state index contributed by atoms with van der Waals surface area (Å²) in [6, 6.07) is 13.2. The minimum atomic E-state index is -0.881. The maximum atomic E-state index is 12.3. The number of benzene rings is 2. The van der Waals surface area contributed by atoms with Crippen LogP contribution in [0.1, 0.15) is 24.0 Å². The van der Waals surface area contributed by atoms with E-state index in [4.69, 9.17) is 14.2 Å². The van der Waals surface area contributed by atoms with Crippen molar-refractivity contribution in [3.05, 3.63) is 53.6 Å². The topological polar surface area (TPSA) is 80.3 Å². The molecule has 0 aromatic heterocycles. The number of amides is 1. The second-order valence-corrected chi connectivity index (χ2v) is 7.50. The van der Waals surface area contributed by atoms with E-state index in [0.717, 1.165) is 22.6 Å². The lowest BCUT2D eigenvalue weighted by Gasteiger charge is -2.38. The SMILES string of the molecule is COc1cccc(C2(O)CCN(CC(=O)NCc3ccc4c(c3)OCO4)CC2)c1. The minimum absolute atomic E-state index is 0.0329. The summed E-state index contributed by atoms with van der Waals surface area (Å²) in [5.74, 6) is 2.15. The van der Waals surface area contributed by atoms with E-state index in [1.54, 1.807) is 7.11 Å². The van der Waals surface area contributed by atoms with Gasteiger partial charge in [-0.1, -0.05) is 18.2 Å².